The highest BCUT2D eigenvalue weighted by atomic mass is 19.1. The molecule has 1 aromatic rings. The molecule has 0 bridgehead atoms. The highest BCUT2D eigenvalue weighted by molar-refractivity contribution is 5.92. The zero-order valence-electron chi connectivity index (χ0n) is 11.9. The number of esters is 1. The monoisotopic (exact) mass is 303 g/mol. The Kier molecular flexibility index (Phi) is 5.34. The average molecular weight is 303 g/mol. The van der Waals surface area contributed by atoms with Crippen LogP contribution in [0.15, 0.2) is 12.1 Å². The molecule has 0 aliphatic carbocycles. The molecule has 0 fully saturated rings. The fourth-order valence-electron chi connectivity index (χ4n) is 1.47. The van der Waals surface area contributed by atoms with E-state index in [9.17, 15) is 22.8 Å². The second-order valence-electron chi connectivity index (χ2n) is 5.38. The minimum absolute atomic E-state index is 0.229. The van der Waals surface area contributed by atoms with Gasteiger partial charge in [-0.1, -0.05) is 0 Å². The van der Waals surface area contributed by atoms with Crippen molar-refractivity contribution in [2.45, 2.75) is 39.2 Å². The molecule has 4 nitrogen and oxygen atoms in total. The van der Waals surface area contributed by atoms with E-state index < -0.39 is 40.6 Å². The molecule has 1 N–H and O–H groups in total. The summed E-state index contributed by atoms with van der Waals surface area (Å²) in [6.45, 7) is 5.02. The zero-order chi connectivity index (χ0) is 16.2. The number of carbonyl (C=O) groups is 2. The largest absolute Gasteiger partial charge is 0.460 e. The first-order valence-electron chi connectivity index (χ1n) is 6.25. The van der Waals surface area contributed by atoms with Crippen molar-refractivity contribution in [1.29, 1.82) is 0 Å². The maximum atomic E-state index is 13.3. The summed E-state index contributed by atoms with van der Waals surface area (Å²) in [6.07, 6.45) is -0.529. The summed E-state index contributed by atoms with van der Waals surface area (Å²) in [5.74, 6) is -4.91. The Labute approximate surface area is 120 Å². The molecular weight excluding hydrogens is 287 g/mol. The minimum Gasteiger partial charge on any atom is -0.460 e. The number of hydrogen-bond acceptors (Lipinski definition) is 3. The van der Waals surface area contributed by atoms with Gasteiger partial charge in [0, 0.05) is 18.6 Å². The van der Waals surface area contributed by atoms with Gasteiger partial charge in [-0.05, 0) is 20.8 Å². The van der Waals surface area contributed by atoms with Gasteiger partial charge in [-0.25, -0.2) is 13.2 Å². The van der Waals surface area contributed by atoms with E-state index in [0.717, 1.165) is 0 Å². The van der Waals surface area contributed by atoms with E-state index in [1.807, 2.05) is 5.32 Å². The van der Waals surface area contributed by atoms with Crippen LogP contribution in [-0.2, 0) is 14.3 Å². The Morgan fingerprint density at radius 3 is 2.10 bits per heavy atom. The second-order valence-corrected chi connectivity index (χ2v) is 5.38. The summed E-state index contributed by atoms with van der Waals surface area (Å²) in [7, 11) is 0. The third-order valence-corrected chi connectivity index (χ3v) is 2.25. The molecule has 1 aromatic carbocycles. The molecule has 1 amide bonds. The molecule has 0 aliphatic rings. The van der Waals surface area contributed by atoms with Crippen LogP contribution in [0.5, 0.6) is 0 Å². The molecule has 0 atom stereocenters. The van der Waals surface area contributed by atoms with E-state index in [1.54, 1.807) is 20.8 Å². The summed E-state index contributed by atoms with van der Waals surface area (Å²) < 4.78 is 44.3. The van der Waals surface area contributed by atoms with Gasteiger partial charge in [0.2, 0.25) is 5.91 Å². The number of carbonyl (C=O) groups excluding carboxylic acids is 2. The van der Waals surface area contributed by atoms with E-state index >= 15 is 0 Å². The lowest BCUT2D eigenvalue weighted by molar-refractivity contribution is -0.155. The van der Waals surface area contributed by atoms with Gasteiger partial charge >= 0.3 is 5.97 Å². The van der Waals surface area contributed by atoms with E-state index in [0.29, 0.717) is 12.1 Å². The molecule has 0 radical (unpaired) electrons. The van der Waals surface area contributed by atoms with Crippen LogP contribution in [-0.4, -0.2) is 17.5 Å². The summed E-state index contributed by atoms with van der Waals surface area (Å²) in [5, 5.41) is 1.96. The van der Waals surface area contributed by atoms with Gasteiger partial charge in [0.15, 0.2) is 11.6 Å². The van der Waals surface area contributed by atoms with Crippen LogP contribution >= 0.6 is 0 Å². The normalized spacial score (nSPS) is 11.1. The van der Waals surface area contributed by atoms with E-state index in [2.05, 4.69) is 0 Å². The highest BCUT2D eigenvalue weighted by Crippen LogP contribution is 2.20. The molecule has 21 heavy (non-hydrogen) atoms. The van der Waals surface area contributed by atoms with Crippen molar-refractivity contribution in [3.63, 3.8) is 0 Å². The molecule has 0 saturated heterocycles. The number of amides is 1. The molecule has 0 aliphatic heterocycles. The predicted octanol–water partition coefficient (Wildman–Crippen LogP) is 3.16. The number of hydrogen-bond donors (Lipinski definition) is 1. The van der Waals surface area contributed by atoms with Gasteiger partial charge in [0.25, 0.3) is 0 Å². The van der Waals surface area contributed by atoms with Crippen molar-refractivity contribution in [1.82, 2.24) is 0 Å². The second kappa shape index (κ2) is 6.60. The first-order chi connectivity index (χ1) is 9.58. The molecule has 0 aromatic heterocycles. The summed E-state index contributed by atoms with van der Waals surface area (Å²) in [4.78, 5) is 22.9. The van der Waals surface area contributed by atoms with Crippen molar-refractivity contribution in [2.24, 2.45) is 0 Å². The van der Waals surface area contributed by atoms with Gasteiger partial charge in [0.05, 0.1) is 6.42 Å². The van der Waals surface area contributed by atoms with Crippen LogP contribution in [0.4, 0.5) is 18.9 Å². The zero-order valence-corrected chi connectivity index (χ0v) is 11.9. The Morgan fingerprint density at radius 2 is 1.62 bits per heavy atom. The number of benzene rings is 1. The quantitative estimate of drug-likeness (QED) is 0.869. The number of halogens is 3. The standard InChI is InChI=1S/C14H16F3NO3/c1-14(2,3)21-12(20)5-4-11(19)18-13-9(16)6-8(15)7-10(13)17/h6-7H,4-5H2,1-3H3,(H,18,19). The average Bonchev–Trinajstić information content (AvgIpc) is 2.29. The van der Waals surface area contributed by atoms with Crippen LogP contribution in [0.3, 0.4) is 0 Å². The van der Waals surface area contributed by atoms with Gasteiger partial charge in [0.1, 0.15) is 17.1 Å². The lowest BCUT2D eigenvalue weighted by atomic mass is 10.2. The van der Waals surface area contributed by atoms with Crippen LogP contribution in [0.25, 0.3) is 0 Å². The lowest BCUT2D eigenvalue weighted by Gasteiger charge is -2.19. The Bertz CT molecular complexity index is 530. The van der Waals surface area contributed by atoms with Crippen molar-refractivity contribution in [3.05, 3.63) is 29.6 Å². The van der Waals surface area contributed by atoms with Gasteiger partial charge in [-0.3, -0.25) is 9.59 Å². The highest BCUT2D eigenvalue weighted by Gasteiger charge is 2.18. The van der Waals surface area contributed by atoms with Crippen LogP contribution in [0.1, 0.15) is 33.6 Å². The maximum absolute atomic E-state index is 13.3. The smallest absolute Gasteiger partial charge is 0.306 e. The van der Waals surface area contributed by atoms with E-state index in [-0.39, 0.29) is 12.8 Å². The number of anilines is 1. The van der Waals surface area contributed by atoms with Crippen molar-refractivity contribution in [3.8, 4) is 0 Å². The minimum atomic E-state index is -1.22. The molecule has 1 rings (SSSR count). The molecular formula is C14H16F3NO3. The SMILES string of the molecule is CC(C)(C)OC(=O)CCC(=O)Nc1c(F)cc(F)cc1F. The van der Waals surface area contributed by atoms with Crippen molar-refractivity contribution >= 4 is 17.6 Å². The molecule has 0 unspecified atom stereocenters. The number of rotatable bonds is 4. The third kappa shape index (κ3) is 5.85. The number of nitrogens with one attached hydrogen (secondary N) is 1. The van der Waals surface area contributed by atoms with Gasteiger partial charge < -0.3 is 10.1 Å². The van der Waals surface area contributed by atoms with Crippen LogP contribution < -0.4 is 5.32 Å². The van der Waals surface area contributed by atoms with Gasteiger partial charge in [-0.2, -0.15) is 0 Å². The van der Waals surface area contributed by atoms with Crippen molar-refractivity contribution in [2.75, 3.05) is 5.32 Å². The number of ether oxygens (including phenoxy) is 1. The lowest BCUT2D eigenvalue weighted by Crippen LogP contribution is -2.25. The van der Waals surface area contributed by atoms with Crippen LogP contribution in [0.2, 0.25) is 0 Å². The molecule has 7 heteroatoms. The first-order valence-corrected chi connectivity index (χ1v) is 6.25. The molecule has 0 saturated carbocycles. The summed E-state index contributed by atoms with van der Waals surface area (Å²) in [5.41, 5.74) is -1.42. The predicted molar refractivity (Wildman–Crippen MR) is 70.0 cm³/mol. The molecule has 0 spiro atoms. The first kappa shape index (κ1) is 17.0. The summed E-state index contributed by atoms with van der Waals surface area (Å²) >= 11 is 0. The maximum Gasteiger partial charge on any atom is 0.306 e. The topological polar surface area (TPSA) is 55.4 Å². The fourth-order valence-corrected chi connectivity index (χ4v) is 1.47. The fraction of sp³-hybridized carbons (Fsp3) is 0.429. The van der Waals surface area contributed by atoms with Crippen molar-refractivity contribution < 1.29 is 27.5 Å². The Hall–Kier alpha value is -2.05. The molecule has 0 heterocycles. The molecule has 116 valence electrons. The summed E-state index contributed by atoms with van der Waals surface area (Å²) in [6, 6.07) is 0.902. The van der Waals surface area contributed by atoms with Gasteiger partial charge in [-0.15, -0.1) is 0 Å². The van der Waals surface area contributed by atoms with E-state index in [4.69, 9.17) is 4.74 Å². The Balaban J connectivity index is 2.57. The van der Waals surface area contributed by atoms with Crippen LogP contribution in [0, 0.1) is 17.5 Å². The van der Waals surface area contributed by atoms with E-state index in [1.165, 1.54) is 0 Å². The third-order valence-electron chi connectivity index (χ3n) is 2.25. The Morgan fingerprint density at radius 1 is 1.10 bits per heavy atom.